The van der Waals surface area contributed by atoms with Crippen LogP contribution in [0.4, 0.5) is 0 Å². The highest BCUT2D eigenvalue weighted by molar-refractivity contribution is 6.30. The molecule has 0 aliphatic heterocycles. The number of ether oxygens (including phenoxy) is 1. The fraction of sp³-hybridized carbons (Fsp3) is 0.571. The van der Waals surface area contributed by atoms with Gasteiger partial charge in [0.25, 0.3) is 0 Å². The minimum atomic E-state index is 0.268. The van der Waals surface area contributed by atoms with E-state index in [0.717, 1.165) is 30.2 Å². The molecule has 0 aliphatic carbocycles. The van der Waals surface area contributed by atoms with Gasteiger partial charge < -0.3 is 10.1 Å². The summed E-state index contributed by atoms with van der Waals surface area (Å²) in [6.45, 7) is 5.42. The van der Waals surface area contributed by atoms with Crippen LogP contribution >= 0.6 is 11.6 Å². The van der Waals surface area contributed by atoms with Gasteiger partial charge in [0.15, 0.2) is 0 Å². The summed E-state index contributed by atoms with van der Waals surface area (Å²) in [6, 6.07) is 7.58. The molecule has 1 aromatic carbocycles. The van der Waals surface area contributed by atoms with Crippen LogP contribution in [0.25, 0.3) is 0 Å². The van der Waals surface area contributed by atoms with Gasteiger partial charge in [-0.1, -0.05) is 25.4 Å². The zero-order valence-corrected chi connectivity index (χ0v) is 11.6. The molecule has 2 nitrogen and oxygen atoms in total. The number of halogens is 1. The maximum absolute atomic E-state index is 5.99. The number of hydrogen-bond donors (Lipinski definition) is 1. The van der Waals surface area contributed by atoms with Crippen LogP contribution in [0.3, 0.4) is 0 Å². The fourth-order valence-corrected chi connectivity index (χ4v) is 1.82. The summed E-state index contributed by atoms with van der Waals surface area (Å²) in [5, 5.41) is 3.90. The van der Waals surface area contributed by atoms with E-state index >= 15 is 0 Å². The van der Waals surface area contributed by atoms with E-state index in [4.69, 9.17) is 16.3 Å². The van der Waals surface area contributed by atoms with E-state index < -0.39 is 0 Å². The summed E-state index contributed by atoms with van der Waals surface area (Å²) in [4.78, 5) is 0. The highest BCUT2D eigenvalue weighted by atomic mass is 35.5. The van der Waals surface area contributed by atoms with Crippen LogP contribution < -0.4 is 10.1 Å². The Morgan fingerprint density at radius 3 is 2.41 bits per heavy atom. The van der Waals surface area contributed by atoms with Crippen molar-refractivity contribution in [2.24, 2.45) is 5.92 Å². The zero-order valence-electron chi connectivity index (χ0n) is 10.9. The third-order valence-corrected chi connectivity index (χ3v) is 3.01. The lowest BCUT2D eigenvalue weighted by molar-refractivity contribution is 0.139. The number of rotatable bonds is 7. The molecule has 1 atom stereocenters. The first-order valence-electron chi connectivity index (χ1n) is 6.20. The predicted octanol–water partition coefficient (Wildman–Crippen LogP) is 3.74. The van der Waals surface area contributed by atoms with E-state index in [9.17, 15) is 0 Å². The smallest absolute Gasteiger partial charge is 0.119 e. The average Bonchev–Trinajstić information content (AvgIpc) is 2.30. The molecule has 0 amide bonds. The van der Waals surface area contributed by atoms with Gasteiger partial charge in [-0.3, -0.25) is 0 Å². The maximum atomic E-state index is 5.99. The summed E-state index contributed by atoms with van der Waals surface area (Å²) in [7, 11) is 1.98. The van der Waals surface area contributed by atoms with Crippen molar-refractivity contribution in [3.63, 3.8) is 0 Å². The minimum absolute atomic E-state index is 0.268. The molecule has 0 saturated carbocycles. The van der Waals surface area contributed by atoms with Crippen LogP contribution in [0, 0.1) is 5.92 Å². The molecule has 1 aromatic rings. The van der Waals surface area contributed by atoms with Crippen molar-refractivity contribution in [1.82, 2.24) is 5.32 Å². The Bertz CT molecular complexity index is 311. The molecule has 0 aromatic heterocycles. The molecule has 1 N–H and O–H groups in total. The van der Waals surface area contributed by atoms with Crippen molar-refractivity contribution in [1.29, 1.82) is 0 Å². The van der Waals surface area contributed by atoms with Crippen molar-refractivity contribution in [3.8, 4) is 5.75 Å². The van der Waals surface area contributed by atoms with Gasteiger partial charge in [-0.25, -0.2) is 0 Å². The zero-order chi connectivity index (χ0) is 12.7. The second kappa shape index (κ2) is 7.57. The van der Waals surface area contributed by atoms with Gasteiger partial charge in [-0.15, -0.1) is 0 Å². The first-order chi connectivity index (χ1) is 8.13. The van der Waals surface area contributed by atoms with Crippen LogP contribution in [0.2, 0.25) is 5.02 Å². The Kier molecular flexibility index (Phi) is 6.38. The summed E-state index contributed by atoms with van der Waals surface area (Å²) in [6.07, 6.45) is 2.47. The van der Waals surface area contributed by atoms with E-state index in [1.54, 1.807) is 0 Å². The topological polar surface area (TPSA) is 21.3 Å². The number of hydrogen-bond acceptors (Lipinski definition) is 2. The first-order valence-corrected chi connectivity index (χ1v) is 6.58. The lowest BCUT2D eigenvalue weighted by atomic mass is 10.0. The summed E-state index contributed by atoms with van der Waals surface area (Å²) >= 11 is 5.85. The predicted molar refractivity (Wildman–Crippen MR) is 73.9 cm³/mol. The molecule has 0 saturated heterocycles. The van der Waals surface area contributed by atoms with Gasteiger partial charge in [0.2, 0.25) is 0 Å². The van der Waals surface area contributed by atoms with E-state index in [1.807, 2.05) is 31.3 Å². The van der Waals surface area contributed by atoms with Crippen LogP contribution in [-0.2, 0) is 0 Å². The first kappa shape index (κ1) is 14.3. The van der Waals surface area contributed by atoms with E-state index in [1.165, 1.54) is 0 Å². The molecule has 0 fully saturated rings. The average molecular weight is 256 g/mol. The number of nitrogens with one attached hydrogen (secondary N) is 1. The molecule has 17 heavy (non-hydrogen) atoms. The Labute approximate surface area is 109 Å². The normalized spacial score (nSPS) is 12.8. The quantitative estimate of drug-likeness (QED) is 0.750. The maximum Gasteiger partial charge on any atom is 0.119 e. The van der Waals surface area contributed by atoms with Crippen molar-refractivity contribution >= 4 is 11.6 Å². The second-order valence-electron chi connectivity index (χ2n) is 4.60. The van der Waals surface area contributed by atoms with Crippen molar-refractivity contribution in [3.05, 3.63) is 29.3 Å². The molecule has 3 heteroatoms. The molecule has 0 bridgehead atoms. The van der Waals surface area contributed by atoms with Crippen LogP contribution in [0.15, 0.2) is 24.3 Å². The van der Waals surface area contributed by atoms with Crippen molar-refractivity contribution in [2.75, 3.05) is 13.6 Å². The van der Waals surface area contributed by atoms with E-state index in [2.05, 4.69) is 19.2 Å². The Hall–Kier alpha value is -0.730. The van der Waals surface area contributed by atoms with Gasteiger partial charge >= 0.3 is 0 Å². The monoisotopic (exact) mass is 255 g/mol. The highest BCUT2D eigenvalue weighted by Gasteiger charge is 2.14. The summed E-state index contributed by atoms with van der Waals surface area (Å²) in [5.41, 5.74) is 0. The van der Waals surface area contributed by atoms with Crippen LogP contribution in [-0.4, -0.2) is 19.7 Å². The van der Waals surface area contributed by atoms with Crippen molar-refractivity contribution in [2.45, 2.75) is 32.8 Å². The fourth-order valence-electron chi connectivity index (χ4n) is 1.70. The molecular weight excluding hydrogens is 234 g/mol. The Morgan fingerprint density at radius 1 is 1.24 bits per heavy atom. The van der Waals surface area contributed by atoms with E-state index in [-0.39, 0.29) is 6.10 Å². The second-order valence-corrected chi connectivity index (χ2v) is 5.04. The number of benzene rings is 1. The lowest BCUT2D eigenvalue weighted by Crippen LogP contribution is -2.24. The standard InChI is InChI=1S/C14H22ClNO/c1-11(2)14(5-4-10-16-3)17-13-8-6-12(15)7-9-13/h6-9,11,14,16H,4-5,10H2,1-3H3. The van der Waals surface area contributed by atoms with E-state index in [0.29, 0.717) is 5.92 Å². The SMILES string of the molecule is CNCCCC(Oc1ccc(Cl)cc1)C(C)C. The van der Waals surface area contributed by atoms with Gasteiger partial charge in [0.05, 0.1) is 0 Å². The molecule has 0 spiro atoms. The molecule has 1 rings (SSSR count). The molecule has 0 aliphatic rings. The van der Waals surface area contributed by atoms with Gasteiger partial charge in [0.1, 0.15) is 11.9 Å². The summed E-state index contributed by atoms with van der Waals surface area (Å²) in [5.74, 6) is 1.42. The van der Waals surface area contributed by atoms with Crippen molar-refractivity contribution < 1.29 is 4.74 Å². The highest BCUT2D eigenvalue weighted by Crippen LogP contribution is 2.21. The Morgan fingerprint density at radius 2 is 1.88 bits per heavy atom. The molecule has 0 heterocycles. The van der Waals surface area contributed by atoms with Gasteiger partial charge in [0, 0.05) is 5.02 Å². The van der Waals surface area contributed by atoms with Crippen LogP contribution in [0.1, 0.15) is 26.7 Å². The third-order valence-electron chi connectivity index (χ3n) is 2.76. The largest absolute Gasteiger partial charge is 0.490 e. The van der Waals surface area contributed by atoms with Gasteiger partial charge in [-0.05, 0) is 56.6 Å². The Balaban J connectivity index is 2.51. The lowest BCUT2D eigenvalue weighted by Gasteiger charge is -2.22. The minimum Gasteiger partial charge on any atom is -0.490 e. The molecule has 96 valence electrons. The van der Waals surface area contributed by atoms with Crippen LogP contribution in [0.5, 0.6) is 5.75 Å². The summed E-state index contributed by atoms with van der Waals surface area (Å²) < 4.78 is 5.99. The van der Waals surface area contributed by atoms with Gasteiger partial charge in [-0.2, -0.15) is 0 Å². The molecular formula is C14H22ClNO. The molecule has 1 unspecified atom stereocenters. The third kappa shape index (κ3) is 5.42. The molecule has 0 radical (unpaired) electrons.